The minimum atomic E-state index is -2.50. The normalized spacial score (nSPS) is 25.7. The first-order valence-corrected chi connectivity index (χ1v) is 5.19. The third-order valence-corrected chi connectivity index (χ3v) is 3.55. The number of para-hydroxylation sites is 1. The van der Waals surface area contributed by atoms with Gasteiger partial charge in [-0.15, -0.1) is 0 Å². The number of hydrogen-bond donors (Lipinski definition) is 1. The summed E-state index contributed by atoms with van der Waals surface area (Å²) in [6, 6.07) is 7.25. The molecule has 0 spiro atoms. The van der Waals surface area contributed by atoms with Crippen LogP contribution in [0.4, 0.5) is 0 Å². The standard InChI is InChI=1S/C9H10O3S/c1-9(13(10)11)6-12-8-5-3-2-4-7(8)9/h2-5,13H,6H2,1H3. The Labute approximate surface area is 78.3 Å². The predicted molar refractivity (Wildman–Crippen MR) is 49.6 cm³/mol. The maximum absolute atomic E-state index is 11.0. The molecule has 1 aromatic carbocycles. The van der Waals surface area contributed by atoms with Crippen molar-refractivity contribution in [2.45, 2.75) is 11.7 Å². The fourth-order valence-electron chi connectivity index (χ4n) is 1.48. The molecule has 1 atom stereocenters. The molecule has 13 heavy (non-hydrogen) atoms. The van der Waals surface area contributed by atoms with Crippen LogP contribution in [-0.4, -0.2) is 15.0 Å². The molecule has 3 nitrogen and oxygen atoms in total. The highest BCUT2D eigenvalue weighted by Gasteiger charge is 2.39. The molecule has 0 aromatic heterocycles. The summed E-state index contributed by atoms with van der Waals surface area (Å²) in [4.78, 5) is 0. The molecule has 1 aromatic rings. The van der Waals surface area contributed by atoms with Crippen molar-refractivity contribution >= 4 is 10.7 Å². The van der Waals surface area contributed by atoms with Crippen LogP contribution < -0.4 is 4.74 Å². The van der Waals surface area contributed by atoms with Gasteiger partial charge in [0, 0.05) is 5.56 Å². The van der Waals surface area contributed by atoms with Gasteiger partial charge in [0.05, 0.1) is 0 Å². The van der Waals surface area contributed by atoms with Gasteiger partial charge >= 0.3 is 0 Å². The average Bonchev–Trinajstić information content (AvgIpc) is 2.47. The molecule has 2 rings (SSSR count). The van der Waals surface area contributed by atoms with E-state index in [1.165, 1.54) is 0 Å². The third-order valence-electron chi connectivity index (χ3n) is 2.38. The largest absolute Gasteiger partial charge is 0.491 e. The zero-order chi connectivity index (χ0) is 9.47. The van der Waals surface area contributed by atoms with Gasteiger partial charge in [0.1, 0.15) is 17.1 Å². The lowest BCUT2D eigenvalue weighted by Gasteiger charge is -2.13. The van der Waals surface area contributed by atoms with Gasteiger partial charge in [0.15, 0.2) is 10.7 Å². The first-order chi connectivity index (χ1) is 6.14. The molecular weight excluding hydrogens is 188 g/mol. The van der Waals surface area contributed by atoms with E-state index in [-0.39, 0.29) is 6.61 Å². The lowest BCUT2D eigenvalue weighted by atomic mass is 10.0. The minimum absolute atomic E-state index is 0.227. The number of thiol groups is 1. The van der Waals surface area contributed by atoms with E-state index in [2.05, 4.69) is 0 Å². The van der Waals surface area contributed by atoms with E-state index < -0.39 is 15.5 Å². The zero-order valence-corrected chi connectivity index (χ0v) is 8.08. The van der Waals surface area contributed by atoms with Crippen LogP contribution in [0.3, 0.4) is 0 Å². The summed E-state index contributed by atoms with van der Waals surface area (Å²) < 4.78 is 26.5. The minimum Gasteiger partial charge on any atom is -0.491 e. The van der Waals surface area contributed by atoms with E-state index >= 15 is 0 Å². The number of benzene rings is 1. The Kier molecular flexibility index (Phi) is 1.80. The Morgan fingerprint density at radius 3 is 2.77 bits per heavy atom. The Hall–Kier alpha value is -1.03. The van der Waals surface area contributed by atoms with E-state index in [1.807, 2.05) is 12.1 Å². The summed E-state index contributed by atoms with van der Waals surface area (Å²) >= 11 is 0. The van der Waals surface area contributed by atoms with Crippen molar-refractivity contribution in [1.29, 1.82) is 0 Å². The van der Waals surface area contributed by atoms with Gasteiger partial charge in [0.2, 0.25) is 0 Å². The molecule has 1 heterocycles. The lowest BCUT2D eigenvalue weighted by Crippen LogP contribution is -2.25. The zero-order valence-electron chi connectivity index (χ0n) is 7.19. The maximum atomic E-state index is 11.0. The Morgan fingerprint density at radius 1 is 1.38 bits per heavy atom. The summed E-state index contributed by atoms with van der Waals surface area (Å²) in [7, 11) is -2.50. The fourth-order valence-corrected chi connectivity index (χ4v) is 2.04. The Bertz CT molecular complexity index is 403. The van der Waals surface area contributed by atoms with E-state index in [0.29, 0.717) is 5.75 Å². The van der Waals surface area contributed by atoms with Crippen LogP contribution in [0.15, 0.2) is 24.3 Å². The van der Waals surface area contributed by atoms with Crippen LogP contribution in [0, 0.1) is 0 Å². The van der Waals surface area contributed by atoms with E-state index in [4.69, 9.17) is 4.74 Å². The predicted octanol–water partition coefficient (Wildman–Crippen LogP) is 0.906. The summed E-state index contributed by atoms with van der Waals surface area (Å²) in [6.45, 7) is 1.91. The van der Waals surface area contributed by atoms with Gasteiger partial charge in [-0.25, -0.2) is 8.42 Å². The second-order valence-corrected chi connectivity index (χ2v) is 4.82. The van der Waals surface area contributed by atoms with Crippen LogP contribution in [0.5, 0.6) is 5.75 Å². The summed E-state index contributed by atoms with van der Waals surface area (Å²) in [5, 5.41) is 0. The third kappa shape index (κ3) is 1.13. The smallest absolute Gasteiger partial charge is 0.153 e. The van der Waals surface area contributed by atoms with Gasteiger partial charge in [-0.2, -0.15) is 0 Å². The number of rotatable bonds is 1. The molecule has 1 aliphatic heterocycles. The molecule has 0 saturated heterocycles. The van der Waals surface area contributed by atoms with Gasteiger partial charge in [-0.3, -0.25) is 0 Å². The quantitative estimate of drug-likeness (QED) is 0.682. The molecule has 1 aliphatic rings. The Balaban J connectivity index is 2.61. The number of ether oxygens (including phenoxy) is 1. The fraction of sp³-hybridized carbons (Fsp3) is 0.333. The first kappa shape index (κ1) is 8.56. The molecule has 0 N–H and O–H groups in total. The summed E-state index contributed by atoms with van der Waals surface area (Å²) in [5.74, 6) is 0.684. The molecule has 0 amide bonds. The molecule has 0 saturated carbocycles. The van der Waals surface area contributed by atoms with E-state index in [1.54, 1.807) is 19.1 Å². The molecule has 4 heteroatoms. The number of hydrogen-bond acceptors (Lipinski definition) is 3. The van der Waals surface area contributed by atoms with Crippen molar-refractivity contribution in [2.24, 2.45) is 0 Å². The van der Waals surface area contributed by atoms with Crippen LogP contribution in [0.1, 0.15) is 12.5 Å². The molecular formula is C9H10O3S. The topological polar surface area (TPSA) is 43.4 Å². The first-order valence-electron chi connectivity index (χ1n) is 4.01. The highest BCUT2D eigenvalue weighted by molar-refractivity contribution is 7.73. The highest BCUT2D eigenvalue weighted by atomic mass is 32.2. The lowest BCUT2D eigenvalue weighted by molar-refractivity contribution is 0.320. The molecule has 70 valence electrons. The van der Waals surface area contributed by atoms with Crippen molar-refractivity contribution in [3.63, 3.8) is 0 Å². The molecule has 0 aliphatic carbocycles. The Morgan fingerprint density at radius 2 is 2.08 bits per heavy atom. The molecule has 0 radical (unpaired) electrons. The van der Waals surface area contributed by atoms with E-state index in [9.17, 15) is 8.42 Å². The van der Waals surface area contributed by atoms with Crippen molar-refractivity contribution in [1.82, 2.24) is 0 Å². The van der Waals surface area contributed by atoms with Gasteiger partial charge in [-0.05, 0) is 13.0 Å². The monoisotopic (exact) mass is 198 g/mol. The van der Waals surface area contributed by atoms with Crippen molar-refractivity contribution in [3.05, 3.63) is 29.8 Å². The summed E-state index contributed by atoms with van der Waals surface area (Å²) in [6.07, 6.45) is 0. The van der Waals surface area contributed by atoms with Crippen molar-refractivity contribution in [3.8, 4) is 5.75 Å². The van der Waals surface area contributed by atoms with Crippen molar-refractivity contribution in [2.75, 3.05) is 6.61 Å². The SMILES string of the molecule is CC1([SH](=O)=O)COc2ccccc21. The molecule has 1 unspecified atom stereocenters. The second kappa shape index (κ2) is 2.73. The molecule has 0 fully saturated rings. The maximum Gasteiger partial charge on any atom is 0.153 e. The van der Waals surface area contributed by atoms with Crippen LogP contribution in [0.2, 0.25) is 0 Å². The summed E-state index contributed by atoms with van der Waals surface area (Å²) in [5.41, 5.74) is 0.770. The highest BCUT2D eigenvalue weighted by Crippen LogP contribution is 2.38. The van der Waals surface area contributed by atoms with Gasteiger partial charge in [0.25, 0.3) is 0 Å². The van der Waals surface area contributed by atoms with E-state index in [0.717, 1.165) is 5.56 Å². The molecule has 0 bridgehead atoms. The number of fused-ring (bicyclic) bond motifs is 1. The van der Waals surface area contributed by atoms with Gasteiger partial charge in [-0.1, -0.05) is 18.2 Å². The van der Waals surface area contributed by atoms with Crippen LogP contribution in [0.25, 0.3) is 0 Å². The van der Waals surface area contributed by atoms with Crippen LogP contribution in [-0.2, 0) is 15.5 Å². The second-order valence-electron chi connectivity index (χ2n) is 3.32. The van der Waals surface area contributed by atoms with Crippen molar-refractivity contribution < 1.29 is 13.2 Å². The van der Waals surface area contributed by atoms with Crippen LogP contribution >= 0.6 is 0 Å². The van der Waals surface area contributed by atoms with Gasteiger partial charge < -0.3 is 4.74 Å². The average molecular weight is 198 g/mol.